The first-order valence-corrected chi connectivity index (χ1v) is 11.2. The number of ether oxygens (including phenoxy) is 3. The highest BCUT2D eigenvalue weighted by Gasteiger charge is 2.40. The summed E-state index contributed by atoms with van der Waals surface area (Å²) in [7, 11) is 0. The summed E-state index contributed by atoms with van der Waals surface area (Å²) < 4.78 is 76.6. The van der Waals surface area contributed by atoms with E-state index < -0.39 is 29.5 Å². The van der Waals surface area contributed by atoms with Crippen molar-refractivity contribution in [1.29, 1.82) is 0 Å². The first kappa shape index (κ1) is 23.1. The first-order chi connectivity index (χ1) is 15.5. The SMILES string of the molecule is CCOc1ccc2c(c1F)C(F)C(F)c1c-2ccc(CCC2CCC(OCC)CO2)c1F. The molecular weight excluding hydrogens is 424 g/mol. The maximum Gasteiger partial charge on any atom is 0.171 e. The van der Waals surface area contributed by atoms with E-state index in [1.54, 1.807) is 19.1 Å². The summed E-state index contributed by atoms with van der Waals surface area (Å²) in [4.78, 5) is 0. The summed E-state index contributed by atoms with van der Waals surface area (Å²) in [6.07, 6.45) is -1.91. The van der Waals surface area contributed by atoms with Crippen LogP contribution < -0.4 is 4.74 Å². The number of hydrogen-bond acceptors (Lipinski definition) is 3. The van der Waals surface area contributed by atoms with Gasteiger partial charge in [0.25, 0.3) is 0 Å². The first-order valence-electron chi connectivity index (χ1n) is 11.2. The maximum atomic E-state index is 15.3. The van der Waals surface area contributed by atoms with Gasteiger partial charge in [-0.25, -0.2) is 17.6 Å². The number of alkyl halides is 2. The third-order valence-corrected chi connectivity index (χ3v) is 6.27. The van der Waals surface area contributed by atoms with E-state index in [1.807, 2.05) is 6.92 Å². The van der Waals surface area contributed by atoms with Crippen LogP contribution in [0, 0.1) is 11.6 Å². The minimum absolute atomic E-state index is 0.0240. The van der Waals surface area contributed by atoms with Crippen LogP contribution in [0.3, 0.4) is 0 Å². The Morgan fingerprint density at radius 3 is 2.22 bits per heavy atom. The monoisotopic (exact) mass is 452 g/mol. The molecule has 0 N–H and O–H groups in total. The molecule has 2 aromatic carbocycles. The van der Waals surface area contributed by atoms with Crippen LogP contribution in [0.15, 0.2) is 24.3 Å². The van der Waals surface area contributed by atoms with Crippen molar-refractivity contribution >= 4 is 0 Å². The van der Waals surface area contributed by atoms with Crippen molar-refractivity contribution in [3.63, 3.8) is 0 Å². The maximum absolute atomic E-state index is 15.3. The lowest BCUT2D eigenvalue weighted by Crippen LogP contribution is -2.31. The zero-order valence-corrected chi connectivity index (χ0v) is 18.3. The fourth-order valence-corrected chi connectivity index (χ4v) is 4.67. The molecule has 174 valence electrons. The lowest BCUT2D eigenvalue weighted by Gasteiger charge is -2.30. The van der Waals surface area contributed by atoms with Gasteiger partial charge in [0.1, 0.15) is 5.82 Å². The molecule has 4 rings (SSSR count). The Kier molecular flexibility index (Phi) is 7.05. The van der Waals surface area contributed by atoms with Crippen LogP contribution in [0.4, 0.5) is 17.6 Å². The summed E-state index contributed by atoms with van der Waals surface area (Å²) in [5.41, 5.74) is -0.109. The quantitative estimate of drug-likeness (QED) is 0.444. The van der Waals surface area contributed by atoms with Crippen LogP contribution in [0.25, 0.3) is 11.1 Å². The summed E-state index contributed by atoms with van der Waals surface area (Å²) in [5, 5.41) is 0. The molecule has 2 aliphatic rings. The summed E-state index contributed by atoms with van der Waals surface area (Å²) in [6, 6.07) is 5.96. The van der Waals surface area contributed by atoms with Crippen LogP contribution in [0.1, 0.15) is 62.1 Å². The molecule has 0 bridgehead atoms. The van der Waals surface area contributed by atoms with Gasteiger partial charge in [-0.3, -0.25) is 0 Å². The molecule has 1 fully saturated rings. The van der Waals surface area contributed by atoms with E-state index in [9.17, 15) is 8.78 Å². The fourth-order valence-electron chi connectivity index (χ4n) is 4.67. The Labute approximate surface area is 185 Å². The molecule has 2 aromatic rings. The van der Waals surface area contributed by atoms with Gasteiger partial charge in [0.15, 0.2) is 23.9 Å². The Morgan fingerprint density at radius 2 is 1.59 bits per heavy atom. The lowest BCUT2D eigenvalue weighted by atomic mass is 9.81. The summed E-state index contributed by atoms with van der Waals surface area (Å²) in [5.74, 6) is -1.84. The van der Waals surface area contributed by atoms with Crippen molar-refractivity contribution in [3.05, 3.63) is 52.6 Å². The number of benzene rings is 2. The van der Waals surface area contributed by atoms with Crippen molar-refractivity contribution in [2.45, 2.75) is 64.1 Å². The average Bonchev–Trinajstić information content (AvgIpc) is 2.79. The average molecular weight is 452 g/mol. The zero-order valence-electron chi connectivity index (χ0n) is 18.3. The Morgan fingerprint density at radius 1 is 0.906 bits per heavy atom. The number of rotatable bonds is 7. The number of hydrogen-bond donors (Lipinski definition) is 0. The fraction of sp³-hybridized carbons (Fsp3) is 0.520. The van der Waals surface area contributed by atoms with Crippen LogP contribution in [-0.2, 0) is 15.9 Å². The third-order valence-electron chi connectivity index (χ3n) is 6.27. The Balaban J connectivity index is 1.56. The van der Waals surface area contributed by atoms with E-state index in [0.717, 1.165) is 12.8 Å². The van der Waals surface area contributed by atoms with Crippen molar-refractivity contribution in [2.24, 2.45) is 0 Å². The van der Waals surface area contributed by atoms with Gasteiger partial charge in [0.2, 0.25) is 0 Å². The molecule has 7 heteroatoms. The van der Waals surface area contributed by atoms with E-state index in [0.29, 0.717) is 31.6 Å². The standard InChI is InChI=1S/C25H28F4O3/c1-3-30-16-9-8-15(32-13-16)7-5-14-6-10-17-18-11-12-19(31-4-2)23(27)21(18)25(29)24(28)20(17)22(14)26/h6,10-12,15-16,24-25H,3-5,7-9,13H2,1-2H3. The molecule has 0 amide bonds. The molecule has 0 saturated carbocycles. The number of fused-ring (bicyclic) bond motifs is 3. The number of aryl methyl sites for hydroxylation is 1. The summed E-state index contributed by atoms with van der Waals surface area (Å²) >= 11 is 0. The molecule has 0 aromatic heterocycles. The second-order valence-electron chi connectivity index (χ2n) is 8.22. The van der Waals surface area contributed by atoms with Crippen LogP contribution in [-0.4, -0.2) is 32.0 Å². The minimum atomic E-state index is -2.31. The van der Waals surface area contributed by atoms with Crippen LogP contribution in [0.2, 0.25) is 0 Å². The molecule has 0 radical (unpaired) electrons. The van der Waals surface area contributed by atoms with Crippen molar-refractivity contribution < 1.29 is 31.8 Å². The molecule has 4 atom stereocenters. The van der Waals surface area contributed by atoms with Gasteiger partial charge in [-0.1, -0.05) is 18.2 Å². The van der Waals surface area contributed by atoms with Gasteiger partial charge < -0.3 is 14.2 Å². The molecule has 32 heavy (non-hydrogen) atoms. The zero-order chi connectivity index (χ0) is 22.8. The second kappa shape index (κ2) is 9.79. The molecule has 1 aliphatic heterocycles. The highest BCUT2D eigenvalue weighted by Crippen LogP contribution is 2.51. The van der Waals surface area contributed by atoms with E-state index in [1.165, 1.54) is 12.1 Å². The topological polar surface area (TPSA) is 27.7 Å². The van der Waals surface area contributed by atoms with E-state index in [-0.39, 0.29) is 41.3 Å². The third kappa shape index (κ3) is 4.25. The minimum Gasteiger partial charge on any atom is -0.491 e. The predicted molar refractivity (Wildman–Crippen MR) is 113 cm³/mol. The van der Waals surface area contributed by atoms with Crippen molar-refractivity contribution in [3.8, 4) is 16.9 Å². The van der Waals surface area contributed by atoms with Crippen molar-refractivity contribution in [1.82, 2.24) is 0 Å². The normalized spacial score (nSPS) is 24.7. The largest absolute Gasteiger partial charge is 0.491 e. The smallest absolute Gasteiger partial charge is 0.171 e. The Bertz CT molecular complexity index is 957. The van der Waals surface area contributed by atoms with E-state index in [4.69, 9.17) is 14.2 Å². The van der Waals surface area contributed by atoms with Gasteiger partial charge in [-0.05, 0) is 62.3 Å². The van der Waals surface area contributed by atoms with Gasteiger partial charge in [0, 0.05) is 17.7 Å². The predicted octanol–water partition coefficient (Wildman–Crippen LogP) is 6.58. The molecular formula is C25H28F4O3. The van der Waals surface area contributed by atoms with Gasteiger partial charge in [-0.15, -0.1) is 0 Å². The van der Waals surface area contributed by atoms with E-state index in [2.05, 4.69) is 0 Å². The highest BCUT2D eigenvalue weighted by molar-refractivity contribution is 5.76. The second-order valence-corrected chi connectivity index (χ2v) is 8.22. The Hall–Kier alpha value is -2.12. The van der Waals surface area contributed by atoms with Crippen LogP contribution >= 0.6 is 0 Å². The van der Waals surface area contributed by atoms with E-state index >= 15 is 8.78 Å². The molecule has 0 spiro atoms. The highest BCUT2D eigenvalue weighted by atomic mass is 19.2. The number of halogens is 4. The van der Waals surface area contributed by atoms with Gasteiger partial charge in [0.05, 0.1) is 25.4 Å². The molecule has 1 heterocycles. The summed E-state index contributed by atoms with van der Waals surface area (Å²) in [6.45, 7) is 4.95. The van der Waals surface area contributed by atoms with Crippen LogP contribution in [0.5, 0.6) is 5.75 Å². The van der Waals surface area contributed by atoms with Crippen molar-refractivity contribution in [2.75, 3.05) is 19.8 Å². The molecule has 3 nitrogen and oxygen atoms in total. The molecule has 4 unspecified atom stereocenters. The molecule has 1 saturated heterocycles. The van der Waals surface area contributed by atoms with Gasteiger partial charge in [-0.2, -0.15) is 0 Å². The lowest BCUT2D eigenvalue weighted by molar-refractivity contribution is -0.0843. The van der Waals surface area contributed by atoms with Gasteiger partial charge >= 0.3 is 0 Å². The molecule has 1 aliphatic carbocycles.